The fraction of sp³-hybridized carbons (Fsp3) is 0.688. The summed E-state index contributed by atoms with van der Waals surface area (Å²) in [4.78, 5) is 14.5. The molecule has 1 aromatic heterocycles. The van der Waals surface area contributed by atoms with E-state index in [-0.39, 0.29) is 5.91 Å². The van der Waals surface area contributed by atoms with Crippen molar-refractivity contribution in [3.63, 3.8) is 0 Å². The molecule has 1 aromatic rings. The first-order valence-corrected chi connectivity index (χ1v) is 7.67. The van der Waals surface area contributed by atoms with Gasteiger partial charge in [-0.25, -0.2) is 0 Å². The number of likely N-dealkylation sites (tertiary alicyclic amines) is 1. The molecule has 1 fully saturated rings. The third-order valence-electron chi connectivity index (χ3n) is 4.13. The average Bonchev–Trinajstić information content (AvgIpc) is 2.75. The largest absolute Gasteiger partial charge is 0.466 e. The van der Waals surface area contributed by atoms with E-state index in [1.165, 1.54) is 25.8 Å². The van der Waals surface area contributed by atoms with Crippen LogP contribution < -0.4 is 5.32 Å². The summed E-state index contributed by atoms with van der Waals surface area (Å²) in [5, 5.41) is 2.98. The molecule has 1 N–H and O–H groups in total. The predicted molar refractivity (Wildman–Crippen MR) is 80.0 cm³/mol. The van der Waals surface area contributed by atoms with E-state index in [1.54, 1.807) is 6.07 Å². The molecule has 0 aliphatic carbocycles. The molecule has 4 heteroatoms. The Kier molecular flexibility index (Phi) is 5.24. The molecule has 1 amide bonds. The van der Waals surface area contributed by atoms with Gasteiger partial charge in [0, 0.05) is 19.1 Å². The van der Waals surface area contributed by atoms with Crippen molar-refractivity contribution in [2.24, 2.45) is 0 Å². The SMILES string of the molecule is Cc1cc(C(=O)NCCCN2CCCCC2C)c(C)o1. The second kappa shape index (κ2) is 6.93. The number of hydrogen-bond donors (Lipinski definition) is 1. The first kappa shape index (κ1) is 15.1. The van der Waals surface area contributed by atoms with Crippen LogP contribution in [0.3, 0.4) is 0 Å². The van der Waals surface area contributed by atoms with Crippen LogP contribution in [0.1, 0.15) is 54.5 Å². The van der Waals surface area contributed by atoms with Gasteiger partial charge in [0.1, 0.15) is 11.5 Å². The van der Waals surface area contributed by atoms with Gasteiger partial charge in [-0.1, -0.05) is 6.42 Å². The molecule has 1 saturated heterocycles. The minimum atomic E-state index is -0.0222. The van der Waals surface area contributed by atoms with Gasteiger partial charge in [0.15, 0.2) is 0 Å². The van der Waals surface area contributed by atoms with Gasteiger partial charge in [0.25, 0.3) is 5.91 Å². The van der Waals surface area contributed by atoms with Gasteiger partial charge in [-0.2, -0.15) is 0 Å². The molecule has 20 heavy (non-hydrogen) atoms. The van der Waals surface area contributed by atoms with Gasteiger partial charge in [-0.3, -0.25) is 4.79 Å². The third-order valence-corrected chi connectivity index (χ3v) is 4.13. The molecule has 1 aliphatic rings. The predicted octanol–water partition coefficient (Wildman–Crippen LogP) is 2.89. The van der Waals surface area contributed by atoms with Crippen molar-refractivity contribution < 1.29 is 9.21 Å². The molecular weight excluding hydrogens is 252 g/mol. The summed E-state index contributed by atoms with van der Waals surface area (Å²) in [7, 11) is 0. The summed E-state index contributed by atoms with van der Waals surface area (Å²) in [6.07, 6.45) is 4.98. The summed E-state index contributed by atoms with van der Waals surface area (Å²) < 4.78 is 5.38. The van der Waals surface area contributed by atoms with Gasteiger partial charge < -0.3 is 14.6 Å². The number of nitrogens with one attached hydrogen (secondary N) is 1. The topological polar surface area (TPSA) is 45.5 Å². The highest BCUT2D eigenvalue weighted by Gasteiger charge is 2.17. The van der Waals surface area contributed by atoms with Crippen molar-refractivity contribution in [1.82, 2.24) is 10.2 Å². The molecular formula is C16H26N2O2. The molecule has 1 atom stereocenters. The molecule has 2 rings (SSSR count). The van der Waals surface area contributed by atoms with Crippen molar-refractivity contribution >= 4 is 5.91 Å². The van der Waals surface area contributed by atoms with Crippen molar-refractivity contribution in [3.05, 3.63) is 23.2 Å². The van der Waals surface area contributed by atoms with Crippen LogP contribution in [0.5, 0.6) is 0 Å². The van der Waals surface area contributed by atoms with Crippen LogP contribution in [0.25, 0.3) is 0 Å². The number of nitrogens with zero attached hydrogens (tertiary/aromatic N) is 1. The van der Waals surface area contributed by atoms with E-state index in [9.17, 15) is 4.79 Å². The average molecular weight is 278 g/mol. The number of piperidine rings is 1. The summed E-state index contributed by atoms with van der Waals surface area (Å²) in [5.74, 6) is 1.46. The van der Waals surface area contributed by atoms with Crippen LogP contribution in [0.4, 0.5) is 0 Å². The Morgan fingerprint density at radius 2 is 2.25 bits per heavy atom. The molecule has 0 bridgehead atoms. The Labute approximate surface area is 121 Å². The Balaban J connectivity index is 1.70. The van der Waals surface area contributed by atoms with Crippen LogP contribution >= 0.6 is 0 Å². The molecule has 0 saturated carbocycles. The highest BCUT2D eigenvalue weighted by molar-refractivity contribution is 5.95. The number of aryl methyl sites for hydroxylation is 2. The lowest BCUT2D eigenvalue weighted by Crippen LogP contribution is -2.39. The van der Waals surface area contributed by atoms with Crippen LogP contribution in [0, 0.1) is 13.8 Å². The maximum atomic E-state index is 12.0. The van der Waals surface area contributed by atoms with Crippen molar-refractivity contribution in [3.8, 4) is 0 Å². The van der Waals surface area contributed by atoms with E-state index in [4.69, 9.17) is 4.42 Å². The monoisotopic (exact) mass is 278 g/mol. The van der Waals surface area contributed by atoms with Gasteiger partial charge >= 0.3 is 0 Å². The molecule has 1 aliphatic heterocycles. The quantitative estimate of drug-likeness (QED) is 0.842. The standard InChI is InChI=1S/C16H26N2O2/c1-12-7-4-5-9-18(12)10-6-8-17-16(19)15-11-13(2)20-14(15)3/h11-12H,4-10H2,1-3H3,(H,17,19). The number of amides is 1. The lowest BCUT2D eigenvalue weighted by Gasteiger charge is -2.33. The van der Waals surface area contributed by atoms with Gasteiger partial charge in [-0.05, 0) is 52.6 Å². The Morgan fingerprint density at radius 1 is 1.45 bits per heavy atom. The van der Waals surface area contributed by atoms with Crippen LogP contribution in [-0.4, -0.2) is 36.5 Å². The van der Waals surface area contributed by atoms with Gasteiger partial charge in [-0.15, -0.1) is 0 Å². The maximum absolute atomic E-state index is 12.0. The second-order valence-electron chi connectivity index (χ2n) is 5.82. The molecule has 1 unspecified atom stereocenters. The van der Waals surface area contributed by atoms with Crippen molar-refractivity contribution in [2.45, 2.75) is 52.5 Å². The van der Waals surface area contributed by atoms with Gasteiger partial charge in [0.05, 0.1) is 5.56 Å². The lowest BCUT2D eigenvalue weighted by atomic mass is 10.0. The fourth-order valence-electron chi connectivity index (χ4n) is 2.93. The summed E-state index contributed by atoms with van der Waals surface area (Å²) in [6, 6.07) is 2.50. The fourth-order valence-corrected chi connectivity index (χ4v) is 2.93. The zero-order valence-corrected chi connectivity index (χ0v) is 12.9. The minimum absolute atomic E-state index is 0.0222. The van der Waals surface area contributed by atoms with E-state index < -0.39 is 0 Å². The van der Waals surface area contributed by atoms with Crippen molar-refractivity contribution in [1.29, 1.82) is 0 Å². The first-order valence-electron chi connectivity index (χ1n) is 7.67. The smallest absolute Gasteiger partial charge is 0.254 e. The molecule has 0 radical (unpaired) electrons. The third kappa shape index (κ3) is 3.85. The molecule has 0 spiro atoms. The van der Waals surface area contributed by atoms with Crippen molar-refractivity contribution in [2.75, 3.05) is 19.6 Å². The van der Waals surface area contributed by atoms with E-state index in [1.807, 2.05) is 13.8 Å². The van der Waals surface area contributed by atoms with Crippen LogP contribution in [0.15, 0.2) is 10.5 Å². The van der Waals surface area contributed by atoms with E-state index >= 15 is 0 Å². The molecule has 0 aromatic carbocycles. The van der Waals surface area contributed by atoms with E-state index in [2.05, 4.69) is 17.1 Å². The number of carbonyl (C=O) groups is 1. The number of carbonyl (C=O) groups excluding carboxylic acids is 1. The summed E-state index contributed by atoms with van der Waals surface area (Å²) in [5.41, 5.74) is 0.661. The minimum Gasteiger partial charge on any atom is -0.466 e. The highest BCUT2D eigenvalue weighted by atomic mass is 16.3. The number of furan rings is 1. The summed E-state index contributed by atoms with van der Waals surface area (Å²) >= 11 is 0. The molecule has 4 nitrogen and oxygen atoms in total. The van der Waals surface area contributed by atoms with Crippen LogP contribution in [-0.2, 0) is 0 Å². The Bertz CT molecular complexity index is 453. The zero-order chi connectivity index (χ0) is 14.5. The second-order valence-corrected chi connectivity index (χ2v) is 5.82. The molecule has 112 valence electrons. The number of hydrogen-bond acceptors (Lipinski definition) is 3. The first-order chi connectivity index (χ1) is 9.58. The summed E-state index contributed by atoms with van der Waals surface area (Å²) in [6.45, 7) is 9.00. The maximum Gasteiger partial charge on any atom is 0.254 e. The molecule has 2 heterocycles. The van der Waals surface area contributed by atoms with E-state index in [0.717, 1.165) is 25.3 Å². The Hall–Kier alpha value is -1.29. The number of rotatable bonds is 5. The van der Waals surface area contributed by atoms with E-state index in [0.29, 0.717) is 17.4 Å². The van der Waals surface area contributed by atoms with Gasteiger partial charge in [0.2, 0.25) is 0 Å². The van der Waals surface area contributed by atoms with Crippen LogP contribution in [0.2, 0.25) is 0 Å². The zero-order valence-electron chi connectivity index (χ0n) is 12.9. The highest BCUT2D eigenvalue weighted by Crippen LogP contribution is 2.16. The Morgan fingerprint density at radius 3 is 2.90 bits per heavy atom. The lowest BCUT2D eigenvalue weighted by molar-refractivity contribution is 0.0947. The normalized spacial score (nSPS) is 20.1.